The number of hydrogen-bond acceptors (Lipinski definition) is 3. The SMILES string of the molecule is Cc1ccc(Sc2c(-c3ccccc3)oc3ccccc3c2=O)cc1. The molecule has 0 unspecified atom stereocenters. The fourth-order valence-electron chi connectivity index (χ4n) is 2.72. The molecule has 4 rings (SSSR count). The third-order valence-corrected chi connectivity index (χ3v) is 5.12. The van der Waals surface area contributed by atoms with Crippen molar-refractivity contribution >= 4 is 22.7 Å². The number of hydrogen-bond donors (Lipinski definition) is 0. The molecule has 2 nitrogen and oxygen atoms in total. The zero-order chi connectivity index (χ0) is 17.2. The van der Waals surface area contributed by atoms with E-state index in [9.17, 15) is 4.79 Å². The van der Waals surface area contributed by atoms with Crippen molar-refractivity contribution in [1.29, 1.82) is 0 Å². The van der Waals surface area contributed by atoms with Crippen LogP contribution in [0.1, 0.15) is 5.56 Å². The molecule has 0 aliphatic heterocycles. The summed E-state index contributed by atoms with van der Waals surface area (Å²) >= 11 is 1.45. The Labute approximate surface area is 150 Å². The number of aryl methyl sites for hydroxylation is 1. The lowest BCUT2D eigenvalue weighted by Crippen LogP contribution is -2.06. The summed E-state index contributed by atoms with van der Waals surface area (Å²) in [5, 5.41) is 0.608. The first-order chi connectivity index (χ1) is 12.2. The Balaban J connectivity index is 1.95. The monoisotopic (exact) mass is 344 g/mol. The Morgan fingerprint density at radius 3 is 2.24 bits per heavy atom. The fraction of sp³-hybridized carbons (Fsp3) is 0.0455. The molecule has 0 amide bonds. The molecule has 3 aromatic carbocycles. The van der Waals surface area contributed by atoms with Gasteiger partial charge in [-0.15, -0.1) is 0 Å². The largest absolute Gasteiger partial charge is 0.455 e. The van der Waals surface area contributed by atoms with Crippen LogP contribution in [-0.2, 0) is 0 Å². The zero-order valence-corrected chi connectivity index (χ0v) is 14.5. The number of benzene rings is 3. The molecule has 0 spiro atoms. The van der Waals surface area contributed by atoms with Crippen molar-refractivity contribution in [3.63, 3.8) is 0 Å². The van der Waals surface area contributed by atoms with Gasteiger partial charge in [-0.1, -0.05) is 71.9 Å². The van der Waals surface area contributed by atoms with Crippen LogP contribution < -0.4 is 5.43 Å². The molecular formula is C22H16O2S. The Bertz CT molecular complexity index is 1080. The quantitative estimate of drug-likeness (QED) is 0.462. The normalized spacial score (nSPS) is 10.9. The van der Waals surface area contributed by atoms with Crippen molar-refractivity contribution in [2.24, 2.45) is 0 Å². The molecule has 0 atom stereocenters. The van der Waals surface area contributed by atoms with E-state index in [1.807, 2.05) is 85.8 Å². The maximum atomic E-state index is 13.1. The van der Waals surface area contributed by atoms with E-state index in [4.69, 9.17) is 4.42 Å². The molecule has 1 heterocycles. The number of rotatable bonds is 3. The maximum absolute atomic E-state index is 13.1. The summed E-state index contributed by atoms with van der Waals surface area (Å²) in [4.78, 5) is 14.8. The van der Waals surface area contributed by atoms with E-state index < -0.39 is 0 Å². The molecular weight excluding hydrogens is 328 g/mol. The van der Waals surface area contributed by atoms with Crippen LogP contribution in [0.4, 0.5) is 0 Å². The molecule has 0 bridgehead atoms. The third-order valence-electron chi connectivity index (χ3n) is 4.03. The predicted octanol–water partition coefficient (Wildman–Crippen LogP) is 5.92. The molecule has 3 heteroatoms. The minimum Gasteiger partial charge on any atom is -0.455 e. The van der Waals surface area contributed by atoms with Gasteiger partial charge in [-0.25, -0.2) is 0 Å². The summed E-state index contributed by atoms with van der Waals surface area (Å²) in [6.45, 7) is 2.05. The van der Waals surface area contributed by atoms with Crippen LogP contribution in [-0.4, -0.2) is 0 Å². The van der Waals surface area contributed by atoms with Crippen molar-refractivity contribution < 1.29 is 4.42 Å². The lowest BCUT2D eigenvalue weighted by atomic mass is 10.1. The van der Waals surface area contributed by atoms with Crippen molar-refractivity contribution in [2.45, 2.75) is 16.7 Å². The lowest BCUT2D eigenvalue weighted by molar-refractivity contribution is 0.605. The third kappa shape index (κ3) is 3.11. The van der Waals surface area contributed by atoms with Crippen LogP contribution in [0.5, 0.6) is 0 Å². The molecule has 0 N–H and O–H groups in total. The highest BCUT2D eigenvalue weighted by molar-refractivity contribution is 7.99. The zero-order valence-electron chi connectivity index (χ0n) is 13.7. The van der Waals surface area contributed by atoms with Crippen LogP contribution in [0.15, 0.2) is 97.9 Å². The highest BCUT2D eigenvalue weighted by atomic mass is 32.2. The average Bonchev–Trinajstić information content (AvgIpc) is 2.66. The Hall–Kier alpha value is -2.78. The van der Waals surface area contributed by atoms with Crippen LogP contribution in [0.3, 0.4) is 0 Å². The standard InChI is InChI=1S/C22H16O2S/c1-15-11-13-17(14-12-15)25-22-20(23)18-9-5-6-10-19(18)24-21(22)16-7-3-2-4-8-16/h2-14H,1H3. The van der Waals surface area contributed by atoms with Gasteiger partial charge >= 0.3 is 0 Å². The molecule has 0 saturated carbocycles. The number of fused-ring (bicyclic) bond motifs is 1. The van der Waals surface area contributed by atoms with Crippen molar-refractivity contribution in [1.82, 2.24) is 0 Å². The second kappa shape index (κ2) is 6.61. The van der Waals surface area contributed by atoms with Gasteiger partial charge in [0.25, 0.3) is 0 Å². The first kappa shape index (κ1) is 15.7. The summed E-state index contributed by atoms with van der Waals surface area (Å²) in [5.74, 6) is 0.620. The molecule has 0 fully saturated rings. The van der Waals surface area contributed by atoms with Gasteiger partial charge in [0.15, 0.2) is 5.76 Å². The Morgan fingerprint density at radius 2 is 1.48 bits per heavy atom. The molecule has 4 aromatic rings. The maximum Gasteiger partial charge on any atom is 0.207 e. The van der Waals surface area contributed by atoms with Gasteiger partial charge in [-0.2, -0.15) is 0 Å². The molecule has 0 aliphatic carbocycles. The summed E-state index contributed by atoms with van der Waals surface area (Å²) in [5.41, 5.74) is 2.71. The minimum atomic E-state index is 0.00581. The van der Waals surface area contributed by atoms with Crippen LogP contribution in [0.25, 0.3) is 22.3 Å². The van der Waals surface area contributed by atoms with Crippen LogP contribution >= 0.6 is 11.8 Å². The molecule has 0 saturated heterocycles. The number of para-hydroxylation sites is 1. The van der Waals surface area contributed by atoms with E-state index in [0.717, 1.165) is 10.5 Å². The highest BCUT2D eigenvalue weighted by Gasteiger charge is 2.17. The van der Waals surface area contributed by atoms with Gasteiger partial charge < -0.3 is 4.42 Å². The summed E-state index contributed by atoms with van der Waals surface area (Å²) in [7, 11) is 0. The minimum absolute atomic E-state index is 0.00581. The van der Waals surface area contributed by atoms with E-state index in [0.29, 0.717) is 21.6 Å². The molecule has 25 heavy (non-hydrogen) atoms. The highest BCUT2D eigenvalue weighted by Crippen LogP contribution is 2.35. The average molecular weight is 344 g/mol. The van der Waals surface area contributed by atoms with E-state index in [-0.39, 0.29) is 5.43 Å². The molecule has 0 aliphatic rings. The van der Waals surface area contributed by atoms with Gasteiger partial charge in [-0.3, -0.25) is 4.79 Å². The van der Waals surface area contributed by atoms with Crippen molar-refractivity contribution in [3.8, 4) is 11.3 Å². The van der Waals surface area contributed by atoms with Crippen molar-refractivity contribution in [3.05, 3.63) is 94.6 Å². The van der Waals surface area contributed by atoms with Gasteiger partial charge in [0, 0.05) is 10.5 Å². The van der Waals surface area contributed by atoms with Gasteiger partial charge in [0.1, 0.15) is 10.5 Å². The molecule has 122 valence electrons. The lowest BCUT2D eigenvalue weighted by Gasteiger charge is -2.10. The smallest absolute Gasteiger partial charge is 0.207 e. The second-order valence-electron chi connectivity index (χ2n) is 5.87. The summed E-state index contributed by atoms with van der Waals surface area (Å²) in [6, 6.07) is 25.3. The van der Waals surface area contributed by atoms with E-state index in [2.05, 4.69) is 0 Å². The summed E-state index contributed by atoms with van der Waals surface area (Å²) < 4.78 is 6.13. The fourth-order valence-corrected chi connectivity index (χ4v) is 3.68. The first-order valence-corrected chi connectivity index (χ1v) is 8.90. The van der Waals surface area contributed by atoms with Crippen LogP contribution in [0, 0.1) is 6.92 Å². The first-order valence-electron chi connectivity index (χ1n) is 8.08. The predicted molar refractivity (Wildman–Crippen MR) is 103 cm³/mol. The van der Waals surface area contributed by atoms with Gasteiger partial charge in [0.05, 0.1) is 5.39 Å². The second-order valence-corrected chi connectivity index (χ2v) is 6.95. The van der Waals surface area contributed by atoms with Gasteiger partial charge in [0.2, 0.25) is 5.43 Å². The van der Waals surface area contributed by atoms with Crippen LogP contribution in [0.2, 0.25) is 0 Å². The van der Waals surface area contributed by atoms with Crippen molar-refractivity contribution in [2.75, 3.05) is 0 Å². The Kier molecular flexibility index (Phi) is 4.16. The topological polar surface area (TPSA) is 30.2 Å². The van der Waals surface area contributed by atoms with E-state index in [1.54, 1.807) is 0 Å². The van der Waals surface area contributed by atoms with Gasteiger partial charge in [-0.05, 0) is 31.2 Å². The molecule has 0 radical (unpaired) electrons. The van der Waals surface area contributed by atoms with E-state index in [1.165, 1.54) is 17.3 Å². The molecule has 1 aromatic heterocycles. The van der Waals surface area contributed by atoms with E-state index >= 15 is 0 Å². The summed E-state index contributed by atoms with van der Waals surface area (Å²) in [6.07, 6.45) is 0. The Morgan fingerprint density at radius 1 is 0.800 bits per heavy atom.